The highest BCUT2D eigenvalue weighted by molar-refractivity contribution is 5.76. The van der Waals surface area contributed by atoms with Crippen molar-refractivity contribution in [3.8, 4) is 0 Å². The minimum absolute atomic E-state index is 0.322. The Balaban J connectivity index is 1.29. The molecule has 0 radical (unpaired) electrons. The molecular formula is C28H41N5O. The lowest BCUT2D eigenvalue weighted by Gasteiger charge is -2.42. The van der Waals surface area contributed by atoms with E-state index < -0.39 is 0 Å². The first-order valence-electron chi connectivity index (χ1n) is 12.8. The Morgan fingerprint density at radius 2 is 1.88 bits per heavy atom. The topological polar surface area (TPSA) is 42.9 Å². The molecule has 0 unspecified atom stereocenters. The van der Waals surface area contributed by atoms with Crippen LogP contribution in [0.2, 0.25) is 0 Å². The molecule has 0 N–H and O–H groups in total. The van der Waals surface area contributed by atoms with Gasteiger partial charge in [0.05, 0.1) is 0 Å². The number of likely N-dealkylation sites (tertiary alicyclic amines) is 1. The molecule has 0 spiro atoms. The fourth-order valence-corrected chi connectivity index (χ4v) is 5.68. The van der Waals surface area contributed by atoms with E-state index in [1.807, 2.05) is 18.5 Å². The highest BCUT2D eigenvalue weighted by Gasteiger charge is 2.31. The average molecular weight is 464 g/mol. The van der Waals surface area contributed by atoms with E-state index in [0.717, 1.165) is 58.7 Å². The van der Waals surface area contributed by atoms with Gasteiger partial charge in [0.15, 0.2) is 0 Å². The van der Waals surface area contributed by atoms with Gasteiger partial charge in [0, 0.05) is 69.8 Å². The van der Waals surface area contributed by atoms with Crippen molar-refractivity contribution in [2.75, 3.05) is 58.3 Å². The summed E-state index contributed by atoms with van der Waals surface area (Å²) in [5, 5.41) is 0. The third-order valence-corrected chi connectivity index (χ3v) is 7.64. The lowest BCUT2D eigenvalue weighted by atomic mass is 9.87. The van der Waals surface area contributed by atoms with E-state index >= 15 is 0 Å². The summed E-state index contributed by atoms with van der Waals surface area (Å²) >= 11 is 0. The standard InChI is InChI=1S/C28H41N5O/c1-22-7-8-23(2)27(18-22)32-14-16-33(17-15-32)28(34)10-9-25-21-31(13-11-26(25)30(3)4)20-24-6-5-12-29-19-24/h5-8,12,18-19,25-26H,9-11,13-17,20-21H2,1-4H3/t25-,26+/m0/s1. The monoisotopic (exact) mass is 463 g/mol. The van der Waals surface area contributed by atoms with Crippen molar-refractivity contribution < 1.29 is 4.79 Å². The highest BCUT2D eigenvalue weighted by Crippen LogP contribution is 2.27. The Morgan fingerprint density at radius 3 is 2.59 bits per heavy atom. The molecular weight excluding hydrogens is 422 g/mol. The van der Waals surface area contributed by atoms with Gasteiger partial charge in [0.25, 0.3) is 0 Å². The van der Waals surface area contributed by atoms with E-state index in [1.54, 1.807) is 0 Å². The van der Waals surface area contributed by atoms with Crippen LogP contribution < -0.4 is 4.90 Å². The maximum atomic E-state index is 13.1. The van der Waals surface area contributed by atoms with E-state index in [-0.39, 0.29) is 0 Å². The lowest BCUT2D eigenvalue weighted by Crippen LogP contribution is -2.50. The number of hydrogen-bond acceptors (Lipinski definition) is 5. The van der Waals surface area contributed by atoms with Crippen LogP contribution in [0.4, 0.5) is 5.69 Å². The van der Waals surface area contributed by atoms with E-state index in [9.17, 15) is 4.79 Å². The fourth-order valence-electron chi connectivity index (χ4n) is 5.68. The maximum Gasteiger partial charge on any atom is 0.222 e. The van der Waals surface area contributed by atoms with Crippen molar-refractivity contribution in [1.82, 2.24) is 19.7 Å². The summed E-state index contributed by atoms with van der Waals surface area (Å²) in [5.41, 5.74) is 5.19. The second kappa shape index (κ2) is 11.3. The normalized spacial score (nSPS) is 21.8. The van der Waals surface area contributed by atoms with Gasteiger partial charge >= 0.3 is 0 Å². The van der Waals surface area contributed by atoms with Crippen LogP contribution in [0.25, 0.3) is 0 Å². The third-order valence-electron chi connectivity index (χ3n) is 7.64. The first kappa shape index (κ1) is 24.7. The summed E-state index contributed by atoms with van der Waals surface area (Å²) < 4.78 is 0. The molecule has 2 aliphatic rings. The van der Waals surface area contributed by atoms with Gasteiger partial charge in [-0.2, -0.15) is 0 Å². The maximum absolute atomic E-state index is 13.1. The molecule has 0 aliphatic carbocycles. The number of anilines is 1. The van der Waals surface area contributed by atoms with Crippen molar-refractivity contribution in [3.63, 3.8) is 0 Å². The minimum Gasteiger partial charge on any atom is -0.368 e. The Kier molecular flexibility index (Phi) is 8.22. The molecule has 4 rings (SSSR count). The number of piperazine rings is 1. The Morgan fingerprint density at radius 1 is 1.09 bits per heavy atom. The third kappa shape index (κ3) is 6.16. The number of amides is 1. The SMILES string of the molecule is Cc1ccc(C)c(N2CCN(C(=O)CC[C@H]3CN(Cc4cccnc4)CC[C@H]3N(C)C)CC2)c1. The molecule has 2 atom stereocenters. The molecule has 6 nitrogen and oxygen atoms in total. The van der Waals surface area contributed by atoms with E-state index in [2.05, 4.69) is 76.8 Å². The molecule has 1 aromatic heterocycles. The Labute approximate surface area is 205 Å². The summed E-state index contributed by atoms with van der Waals surface area (Å²) in [4.78, 5) is 26.8. The van der Waals surface area contributed by atoms with Gasteiger partial charge in [0.1, 0.15) is 0 Å². The molecule has 2 fully saturated rings. The number of rotatable bonds is 7. The lowest BCUT2D eigenvalue weighted by molar-refractivity contribution is -0.132. The first-order chi connectivity index (χ1) is 16.4. The van der Waals surface area contributed by atoms with Crippen LogP contribution in [0.5, 0.6) is 0 Å². The van der Waals surface area contributed by atoms with Crippen LogP contribution in [0.1, 0.15) is 36.0 Å². The predicted molar refractivity (Wildman–Crippen MR) is 139 cm³/mol. The summed E-state index contributed by atoms with van der Waals surface area (Å²) in [6.07, 6.45) is 6.56. The zero-order valence-corrected chi connectivity index (χ0v) is 21.4. The van der Waals surface area contributed by atoms with Crippen molar-refractivity contribution in [1.29, 1.82) is 0 Å². The molecule has 0 bridgehead atoms. The molecule has 2 aliphatic heterocycles. The van der Waals surface area contributed by atoms with Crippen LogP contribution in [0, 0.1) is 19.8 Å². The largest absolute Gasteiger partial charge is 0.368 e. The van der Waals surface area contributed by atoms with Crippen molar-refractivity contribution in [2.24, 2.45) is 5.92 Å². The molecule has 1 amide bonds. The molecule has 2 saturated heterocycles. The molecule has 184 valence electrons. The van der Waals surface area contributed by atoms with Gasteiger partial charge in [-0.3, -0.25) is 14.7 Å². The summed E-state index contributed by atoms with van der Waals surface area (Å²) in [6.45, 7) is 10.9. The molecule has 6 heteroatoms. The molecule has 1 aromatic carbocycles. The number of carbonyl (C=O) groups is 1. The minimum atomic E-state index is 0.322. The quantitative estimate of drug-likeness (QED) is 0.628. The number of benzene rings is 1. The fraction of sp³-hybridized carbons (Fsp3) is 0.571. The van der Waals surface area contributed by atoms with Crippen LogP contribution in [-0.4, -0.2) is 85.0 Å². The van der Waals surface area contributed by atoms with Crippen molar-refractivity contribution >= 4 is 11.6 Å². The van der Waals surface area contributed by atoms with Gasteiger partial charge in [-0.15, -0.1) is 0 Å². The predicted octanol–water partition coefficient (Wildman–Crippen LogP) is 3.58. The number of pyridine rings is 1. The average Bonchev–Trinajstić information content (AvgIpc) is 2.84. The van der Waals surface area contributed by atoms with E-state index in [1.165, 1.54) is 22.4 Å². The first-order valence-corrected chi connectivity index (χ1v) is 12.8. The van der Waals surface area contributed by atoms with Gasteiger partial charge in [-0.25, -0.2) is 0 Å². The Hall–Kier alpha value is -2.44. The molecule has 34 heavy (non-hydrogen) atoms. The summed E-state index contributed by atoms with van der Waals surface area (Å²) in [6, 6.07) is 11.3. The van der Waals surface area contributed by atoms with Crippen molar-refractivity contribution in [3.05, 3.63) is 59.4 Å². The highest BCUT2D eigenvalue weighted by atomic mass is 16.2. The number of aryl methyl sites for hydroxylation is 2. The molecule has 3 heterocycles. The van der Waals surface area contributed by atoms with Crippen LogP contribution in [-0.2, 0) is 11.3 Å². The summed E-state index contributed by atoms with van der Waals surface area (Å²) in [5.74, 6) is 0.836. The van der Waals surface area contributed by atoms with Crippen LogP contribution in [0.3, 0.4) is 0 Å². The number of nitrogens with zero attached hydrogens (tertiary/aromatic N) is 5. The Bertz CT molecular complexity index is 939. The zero-order valence-electron chi connectivity index (χ0n) is 21.4. The number of aromatic nitrogens is 1. The van der Waals surface area contributed by atoms with Crippen LogP contribution in [0.15, 0.2) is 42.7 Å². The number of piperidine rings is 1. The zero-order chi connectivity index (χ0) is 24.1. The van der Waals surface area contributed by atoms with Crippen molar-refractivity contribution in [2.45, 2.75) is 45.7 Å². The molecule has 2 aromatic rings. The van der Waals surface area contributed by atoms with Gasteiger partial charge in [-0.05, 0) is 82.1 Å². The van der Waals surface area contributed by atoms with E-state index in [4.69, 9.17) is 0 Å². The smallest absolute Gasteiger partial charge is 0.222 e. The van der Waals surface area contributed by atoms with E-state index in [0.29, 0.717) is 24.3 Å². The van der Waals surface area contributed by atoms with Gasteiger partial charge in [-0.1, -0.05) is 18.2 Å². The number of carbonyl (C=O) groups excluding carboxylic acids is 1. The van der Waals surface area contributed by atoms with Gasteiger partial charge < -0.3 is 14.7 Å². The number of hydrogen-bond donors (Lipinski definition) is 0. The van der Waals surface area contributed by atoms with Crippen LogP contribution >= 0.6 is 0 Å². The molecule has 0 saturated carbocycles. The second-order valence-corrected chi connectivity index (χ2v) is 10.4. The van der Waals surface area contributed by atoms with Gasteiger partial charge in [0.2, 0.25) is 5.91 Å². The second-order valence-electron chi connectivity index (χ2n) is 10.4. The summed E-state index contributed by atoms with van der Waals surface area (Å²) in [7, 11) is 4.37.